The van der Waals surface area contributed by atoms with Gasteiger partial charge in [0.2, 0.25) is 0 Å². The van der Waals surface area contributed by atoms with Gasteiger partial charge in [0.15, 0.2) is 5.75 Å². The number of hydrogen-bond donors (Lipinski definition) is 1. The van der Waals surface area contributed by atoms with Gasteiger partial charge in [0.1, 0.15) is 12.4 Å². The molecule has 1 heterocycles. The molecule has 0 aliphatic heterocycles. The van der Waals surface area contributed by atoms with Gasteiger partial charge in [0, 0.05) is 11.1 Å². The number of nitro groups is 1. The molecule has 1 N–H and O–H groups in total. The van der Waals surface area contributed by atoms with E-state index in [0.717, 1.165) is 6.07 Å². The average molecular weight is 404 g/mol. The zero-order chi connectivity index (χ0) is 20.3. The summed E-state index contributed by atoms with van der Waals surface area (Å²) in [5, 5.41) is 11.9. The van der Waals surface area contributed by atoms with Gasteiger partial charge in [-0.3, -0.25) is 14.9 Å². The van der Waals surface area contributed by atoms with Crippen LogP contribution in [0.25, 0.3) is 10.9 Å². The van der Waals surface area contributed by atoms with Gasteiger partial charge >= 0.3 is 11.7 Å². The fraction of sp³-hybridized carbons (Fsp3) is 0.167. The van der Waals surface area contributed by atoms with Crippen LogP contribution >= 0.6 is 11.6 Å². The lowest BCUT2D eigenvalue weighted by Gasteiger charge is -2.08. The van der Waals surface area contributed by atoms with E-state index in [-0.39, 0.29) is 36.0 Å². The van der Waals surface area contributed by atoms with Crippen LogP contribution in [0, 0.1) is 10.1 Å². The highest BCUT2D eigenvalue weighted by Gasteiger charge is 2.19. The van der Waals surface area contributed by atoms with E-state index < -0.39 is 16.5 Å². The lowest BCUT2D eigenvalue weighted by atomic mass is 10.2. The van der Waals surface area contributed by atoms with Crippen molar-refractivity contribution in [3.8, 4) is 5.75 Å². The van der Waals surface area contributed by atoms with E-state index in [0.29, 0.717) is 15.9 Å². The van der Waals surface area contributed by atoms with Gasteiger partial charge in [-0.15, -0.1) is 0 Å². The summed E-state index contributed by atoms with van der Waals surface area (Å²) in [7, 11) is 0. The molecule has 0 spiro atoms. The first-order chi connectivity index (χ1) is 13.4. The Morgan fingerprint density at radius 2 is 2.07 bits per heavy atom. The van der Waals surface area contributed by atoms with Crippen molar-refractivity contribution >= 4 is 34.2 Å². The Labute approximate surface area is 163 Å². The Morgan fingerprint density at radius 1 is 1.29 bits per heavy atom. The third-order valence-corrected chi connectivity index (χ3v) is 3.98. The molecule has 0 saturated carbocycles. The molecule has 0 amide bonds. The third kappa shape index (κ3) is 4.09. The fourth-order valence-electron chi connectivity index (χ4n) is 2.51. The van der Waals surface area contributed by atoms with Gasteiger partial charge in [-0.05, 0) is 37.3 Å². The monoisotopic (exact) mass is 403 g/mol. The van der Waals surface area contributed by atoms with E-state index in [1.54, 1.807) is 19.1 Å². The first kappa shape index (κ1) is 19.3. The SMILES string of the molecule is CCOc1ccc(C(=O)OCc2nc3ccc(Cl)cc3c(=O)[nH]2)cc1[N+](=O)[O-]. The zero-order valence-corrected chi connectivity index (χ0v) is 15.4. The Hall–Kier alpha value is -3.46. The summed E-state index contributed by atoms with van der Waals surface area (Å²) < 4.78 is 10.3. The molecule has 144 valence electrons. The molecule has 9 nitrogen and oxygen atoms in total. The number of benzene rings is 2. The van der Waals surface area contributed by atoms with Gasteiger partial charge in [0.05, 0.1) is 28.0 Å². The minimum Gasteiger partial charge on any atom is -0.487 e. The van der Waals surface area contributed by atoms with E-state index in [9.17, 15) is 19.7 Å². The maximum atomic E-state index is 12.2. The van der Waals surface area contributed by atoms with Gasteiger partial charge in [-0.2, -0.15) is 0 Å². The number of ether oxygens (including phenoxy) is 2. The van der Waals surface area contributed by atoms with E-state index >= 15 is 0 Å². The Bertz CT molecular complexity index is 1130. The summed E-state index contributed by atoms with van der Waals surface area (Å²) in [6.45, 7) is 1.63. The molecule has 0 bridgehead atoms. The van der Waals surface area contributed by atoms with Gasteiger partial charge in [-0.1, -0.05) is 11.6 Å². The molecule has 3 aromatic rings. The molecule has 10 heteroatoms. The van der Waals surface area contributed by atoms with Crippen molar-refractivity contribution in [2.45, 2.75) is 13.5 Å². The number of fused-ring (bicyclic) bond motifs is 1. The molecule has 28 heavy (non-hydrogen) atoms. The number of aromatic amines is 1. The number of nitrogens with one attached hydrogen (secondary N) is 1. The van der Waals surface area contributed by atoms with Crippen LogP contribution in [0.3, 0.4) is 0 Å². The molecule has 3 rings (SSSR count). The molecule has 0 fully saturated rings. The molecular weight excluding hydrogens is 390 g/mol. The fourth-order valence-corrected chi connectivity index (χ4v) is 2.68. The standard InChI is InChI=1S/C18H14ClN3O6/c1-2-27-15-6-3-10(7-14(15)22(25)26)18(24)28-9-16-20-13-5-4-11(19)8-12(13)17(23)21-16/h3-8H,2,9H2,1H3,(H,20,21,23). The normalized spacial score (nSPS) is 10.6. The van der Waals surface area contributed by atoms with Crippen LogP contribution in [-0.4, -0.2) is 27.5 Å². The summed E-state index contributed by atoms with van der Waals surface area (Å²) in [5.41, 5.74) is -0.387. The second-order valence-corrected chi connectivity index (χ2v) is 6.06. The van der Waals surface area contributed by atoms with E-state index in [4.69, 9.17) is 21.1 Å². The molecule has 0 aliphatic carbocycles. The lowest BCUT2D eigenvalue weighted by molar-refractivity contribution is -0.385. The second-order valence-electron chi connectivity index (χ2n) is 5.62. The lowest BCUT2D eigenvalue weighted by Crippen LogP contribution is -2.14. The number of carbonyl (C=O) groups excluding carboxylic acids is 1. The van der Waals surface area contributed by atoms with Crippen LogP contribution in [0.2, 0.25) is 5.02 Å². The van der Waals surface area contributed by atoms with E-state index in [1.807, 2.05) is 0 Å². The second kappa shape index (κ2) is 8.05. The number of hydrogen-bond acceptors (Lipinski definition) is 7. The Kier molecular flexibility index (Phi) is 5.55. The number of H-pyrrole nitrogens is 1. The van der Waals surface area contributed by atoms with Crippen molar-refractivity contribution in [3.05, 3.63) is 73.3 Å². The molecule has 0 radical (unpaired) electrons. The van der Waals surface area contributed by atoms with Crippen LogP contribution in [0.5, 0.6) is 5.75 Å². The number of rotatable bonds is 6. The Morgan fingerprint density at radius 3 is 2.79 bits per heavy atom. The molecule has 0 atom stereocenters. The van der Waals surface area contributed by atoms with Crippen LogP contribution in [0.15, 0.2) is 41.2 Å². The predicted molar refractivity (Wildman–Crippen MR) is 101 cm³/mol. The number of nitro benzene ring substituents is 1. The molecular formula is C18H14ClN3O6. The maximum absolute atomic E-state index is 12.2. The van der Waals surface area contributed by atoms with Crippen LogP contribution < -0.4 is 10.3 Å². The van der Waals surface area contributed by atoms with E-state index in [1.165, 1.54) is 18.2 Å². The number of halogens is 1. The van der Waals surface area contributed by atoms with Crippen LogP contribution in [-0.2, 0) is 11.3 Å². The molecule has 0 saturated heterocycles. The van der Waals surface area contributed by atoms with Gasteiger partial charge < -0.3 is 14.5 Å². The molecule has 0 aliphatic rings. The number of nitrogens with zero attached hydrogens (tertiary/aromatic N) is 2. The van der Waals surface area contributed by atoms with Crippen molar-refractivity contribution in [1.29, 1.82) is 0 Å². The zero-order valence-electron chi connectivity index (χ0n) is 14.6. The summed E-state index contributed by atoms with van der Waals surface area (Å²) in [4.78, 5) is 41.6. The topological polar surface area (TPSA) is 124 Å². The summed E-state index contributed by atoms with van der Waals surface area (Å²) >= 11 is 5.86. The highest BCUT2D eigenvalue weighted by molar-refractivity contribution is 6.31. The van der Waals surface area contributed by atoms with Gasteiger partial charge in [0.25, 0.3) is 5.56 Å². The first-order valence-corrected chi connectivity index (χ1v) is 8.53. The summed E-state index contributed by atoms with van der Waals surface area (Å²) in [6.07, 6.45) is 0. The van der Waals surface area contributed by atoms with Crippen LogP contribution in [0.1, 0.15) is 23.1 Å². The minimum atomic E-state index is -0.801. The molecule has 1 aromatic heterocycles. The average Bonchev–Trinajstić information content (AvgIpc) is 2.67. The third-order valence-electron chi connectivity index (χ3n) is 3.75. The predicted octanol–water partition coefficient (Wildman–Crippen LogP) is 3.24. The summed E-state index contributed by atoms with van der Waals surface area (Å²) in [5.74, 6) is -0.609. The van der Waals surface area contributed by atoms with Crippen molar-refractivity contribution < 1.29 is 19.2 Å². The van der Waals surface area contributed by atoms with Gasteiger partial charge in [-0.25, -0.2) is 9.78 Å². The maximum Gasteiger partial charge on any atom is 0.338 e. The van der Waals surface area contributed by atoms with Crippen molar-refractivity contribution in [2.75, 3.05) is 6.61 Å². The highest BCUT2D eigenvalue weighted by Crippen LogP contribution is 2.28. The summed E-state index contributed by atoms with van der Waals surface area (Å²) in [6, 6.07) is 8.42. The first-order valence-electron chi connectivity index (χ1n) is 8.16. The molecule has 0 unspecified atom stereocenters. The number of carbonyl (C=O) groups is 1. The minimum absolute atomic E-state index is 0.0231. The number of aromatic nitrogens is 2. The van der Waals surface area contributed by atoms with Crippen molar-refractivity contribution in [2.24, 2.45) is 0 Å². The smallest absolute Gasteiger partial charge is 0.338 e. The largest absolute Gasteiger partial charge is 0.487 e. The van der Waals surface area contributed by atoms with E-state index in [2.05, 4.69) is 9.97 Å². The van der Waals surface area contributed by atoms with Crippen molar-refractivity contribution in [3.63, 3.8) is 0 Å². The quantitative estimate of drug-likeness (QED) is 0.380. The van der Waals surface area contributed by atoms with Crippen LogP contribution in [0.4, 0.5) is 5.69 Å². The van der Waals surface area contributed by atoms with Crippen molar-refractivity contribution in [1.82, 2.24) is 9.97 Å². The Balaban J connectivity index is 1.80. The molecule has 2 aromatic carbocycles. The highest BCUT2D eigenvalue weighted by atomic mass is 35.5. The number of esters is 1.